The monoisotopic (exact) mass is 423 g/mol. The Balaban J connectivity index is 0.00000192. The number of guanidine groups is 1. The predicted octanol–water partition coefficient (Wildman–Crippen LogP) is 3.32. The van der Waals surface area contributed by atoms with Gasteiger partial charge in [0.15, 0.2) is 5.96 Å². The molecule has 1 aliphatic rings. The molecular formula is C18H22IN3O. The summed E-state index contributed by atoms with van der Waals surface area (Å²) < 4.78 is 5.79. The molecule has 0 fully saturated rings. The van der Waals surface area contributed by atoms with E-state index in [9.17, 15) is 0 Å². The van der Waals surface area contributed by atoms with E-state index < -0.39 is 0 Å². The Morgan fingerprint density at radius 2 is 1.87 bits per heavy atom. The fourth-order valence-electron chi connectivity index (χ4n) is 2.35. The van der Waals surface area contributed by atoms with Gasteiger partial charge in [-0.1, -0.05) is 42.5 Å². The Kier molecular flexibility index (Phi) is 7.19. The molecule has 4 nitrogen and oxygen atoms in total. The van der Waals surface area contributed by atoms with Crippen molar-refractivity contribution in [1.82, 2.24) is 10.6 Å². The molecule has 0 saturated carbocycles. The summed E-state index contributed by atoms with van der Waals surface area (Å²) in [7, 11) is 0. The standard InChI is InChI=1S/C18H21N3O.HI/c1-2-8-17(9-3-1)22-14-16-7-4-6-15(12-16)13-21-18-19-10-5-11-20-18;/h1-4,6-9,12H,5,10-11,13-14H2,(H2,19,20,21);1H. The quantitative estimate of drug-likeness (QED) is 0.726. The molecule has 2 aromatic rings. The van der Waals surface area contributed by atoms with Gasteiger partial charge >= 0.3 is 0 Å². The molecule has 0 saturated heterocycles. The predicted molar refractivity (Wildman–Crippen MR) is 104 cm³/mol. The summed E-state index contributed by atoms with van der Waals surface area (Å²) in [5.74, 6) is 1.80. The lowest BCUT2D eigenvalue weighted by atomic mass is 10.1. The molecule has 1 heterocycles. The highest BCUT2D eigenvalue weighted by Crippen LogP contribution is 2.12. The molecule has 23 heavy (non-hydrogen) atoms. The third-order valence-corrected chi connectivity index (χ3v) is 3.50. The van der Waals surface area contributed by atoms with E-state index in [0.29, 0.717) is 6.61 Å². The van der Waals surface area contributed by atoms with Crippen molar-refractivity contribution in [2.24, 2.45) is 4.99 Å². The summed E-state index contributed by atoms with van der Waals surface area (Å²) >= 11 is 0. The zero-order chi connectivity index (χ0) is 15.0. The number of benzene rings is 2. The van der Waals surface area contributed by atoms with Gasteiger partial charge in [0, 0.05) is 19.6 Å². The number of nitrogens with zero attached hydrogens (tertiary/aromatic N) is 1. The number of rotatable bonds is 5. The molecule has 0 aromatic heterocycles. The van der Waals surface area contributed by atoms with Crippen molar-refractivity contribution in [2.45, 2.75) is 19.6 Å². The summed E-state index contributed by atoms with van der Waals surface area (Å²) in [4.78, 5) is 4.41. The highest BCUT2D eigenvalue weighted by atomic mass is 127. The summed E-state index contributed by atoms with van der Waals surface area (Å²) in [6.07, 6.45) is 1.11. The number of para-hydroxylation sites is 1. The molecule has 0 amide bonds. The number of aliphatic imine (C=N–C) groups is 1. The van der Waals surface area contributed by atoms with Crippen molar-refractivity contribution in [2.75, 3.05) is 13.1 Å². The second kappa shape index (κ2) is 9.39. The van der Waals surface area contributed by atoms with Crippen LogP contribution in [0.1, 0.15) is 17.5 Å². The maximum atomic E-state index is 5.79. The van der Waals surface area contributed by atoms with Gasteiger partial charge in [0.1, 0.15) is 12.4 Å². The molecule has 2 aromatic carbocycles. The van der Waals surface area contributed by atoms with E-state index in [0.717, 1.165) is 37.8 Å². The minimum absolute atomic E-state index is 0. The fraction of sp³-hybridized carbons (Fsp3) is 0.278. The van der Waals surface area contributed by atoms with Crippen molar-refractivity contribution in [3.8, 4) is 5.75 Å². The number of hydrogen-bond donors (Lipinski definition) is 2. The van der Waals surface area contributed by atoms with Crippen LogP contribution in [0.3, 0.4) is 0 Å². The normalized spacial score (nSPS) is 13.3. The average Bonchev–Trinajstić information content (AvgIpc) is 2.60. The van der Waals surface area contributed by atoms with E-state index in [1.165, 1.54) is 11.1 Å². The SMILES string of the molecule is I.c1ccc(OCc2cccc(CNC3=NCCCN3)c2)cc1. The van der Waals surface area contributed by atoms with Gasteiger partial charge in [-0.25, -0.2) is 0 Å². The summed E-state index contributed by atoms with van der Waals surface area (Å²) in [5.41, 5.74) is 2.39. The maximum absolute atomic E-state index is 5.79. The van der Waals surface area contributed by atoms with Crippen LogP contribution < -0.4 is 15.4 Å². The Morgan fingerprint density at radius 3 is 2.65 bits per heavy atom. The Bertz CT molecular complexity index is 631. The topological polar surface area (TPSA) is 45.6 Å². The van der Waals surface area contributed by atoms with Gasteiger partial charge < -0.3 is 15.4 Å². The third-order valence-electron chi connectivity index (χ3n) is 3.50. The lowest BCUT2D eigenvalue weighted by Gasteiger charge is -2.16. The van der Waals surface area contributed by atoms with Gasteiger partial charge in [-0.15, -0.1) is 24.0 Å². The molecule has 2 N–H and O–H groups in total. The van der Waals surface area contributed by atoms with E-state index in [2.05, 4.69) is 39.9 Å². The van der Waals surface area contributed by atoms with Crippen molar-refractivity contribution in [3.63, 3.8) is 0 Å². The lowest BCUT2D eigenvalue weighted by Crippen LogP contribution is -2.40. The van der Waals surface area contributed by atoms with Crippen LogP contribution in [0.2, 0.25) is 0 Å². The van der Waals surface area contributed by atoms with Crippen molar-refractivity contribution in [1.29, 1.82) is 0 Å². The van der Waals surface area contributed by atoms with Gasteiger partial charge in [-0.05, 0) is 29.7 Å². The first kappa shape index (κ1) is 17.6. The van der Waals surface area contributed by atoms with Crippen LogP contribution in [-0.2, 0) is 13.2 Å². The number of ether oxygens (including phenoxy) is 1. The molecular weight excluding hydrogens is 401 g/mol. The first-order valence-electron chi connectivity index (χ1n) is 7.68. The fourth-order valence-corrected chi connectivity index (χ4v) is 2.35. The van der Waals surface area contributed by atoms with Gasteiger partial charge in [-0.2, -0.15) is 0 Å². The Hall–Kier alpha value is -1.76. The van der Waals surface area contributed by atoms with Crippen LogP contribution in [0.5, 0.6) is 5.75 Å². The second-order valence-corrected chi connectivity index (χ2v) is 5.29. The summed E-state index contributed by atoms with van der Waals surface area (Å²) in [6, 6.07) is 18.3. The van der Waals surface area contributed by atoms with E-state index in [4.69, 9.17) is 4.74 Å². The number of hydrogen-bond acceptors (Lipinski definition) is 4. The van der Waals surface area contributed by atoms with E-state index in [1.54, 1.807) is 0 Å². The first-order valence-corrected chi connectivity index (χ1v) is 7.68. The Morgan fingerprint density at radius 1 is 1.04 bits per heavy atom. The minimum Gasteiger partial charge on any atom is -0.489 e. The van der Waals surface area contributed by atoms with Gasteiger partial charge in [-0.3, -0.25) is 4.99 Å². The lowest BCUT2D eigenvalue weighted by molar-refractivity contribution is 0.306. The average molecular weight is 423 g/mol. The van der Waals surface area contributed by atoms with Gasteiger partial charge in [0.05, 0.1) is 0 Å². The molecule has 3 rings (SSSR count). The van der Waals surface area contributed by atoms with E-state index in [-0.39, 0.29) is 24.0 Å². The van der Waals surface area contributed by atoms with E-state index in [1.807, 2.05) is 30.3 Å². The Labute approximate surface area is 154 Å². The molecule has 1 aliphatic heterocycles. The number of nitrogens with one attached hydrogen (secondary N) is 2. The smallest absolute Gasteiger partial charge is 0.191 e. The zero-order valence-electron chi connectivity index (χ0n) is 13.0. The molecule has 0 unspecified atom stereocenters. The minimum atomic E-state index is 0. The van der Waals surface area contributed by atoms with Crippen LogP contribution in [0.15, 0.2) is 59.6 Å². The van der Waals surface area contributed by atoms with Crippen LogP contribution in [0.4, 0.5) is 0 Å². The molecule has 122 valence electrons. The van der Waals surface area contributed by atoms with E-state index >= 15 is 0 Å². The van der Waals surface area contributed by atoms with Crippen molar-refractivity contribution >= 4 is 29.9 Å². The van der Waals surface area contributed by atoms with Crippen LogP contribution >= 0.6 is 24.0 Å². The van der Waals surface area contributed by atoms with Gasteiger partial charge in [0.25, 0.3) is 0 Å². The molecule has 0 atom stereocenters. The highest BCUT2D eigenvalue weighted by molar-refractivity contribution is 14.0. The van der Waals surface area contributed by atoms with Crippen LogP contribution in [-0.4, -0.2) is 19.0 Å². The molecule has 5 heteroatoms. The number of halogens is 1. The van der Waals surface area contributed by atoms with Crippen LogP contribution in [0, 0.1) is 0 Å². The van der Waals surface area contributed by atoms with Crippen molar-refractivity contribution in [3.05, 3.63) is 65.7 Å². The molecule has 0 aliphatic carbocycles. The maximum Gasteiger partial charge on any atom is 0.191 e. The third kappa shape index (κ3) is 5.74. The van der Waals surface area contributed by atoms with Crippen molar-refractivity contribution < 1.29 is 4.74 Å². The molecule has 0 bridgehead atoms. The molecule has 0 radical (unpaired) electrons. The summed E-state index contributed by atoms with van der Waals surface area (Å²) in [5, 5.41) is 6.60. The van der Waals surface area contributed by atoms with Gasteiger partial charge in [0.2, 0.25) is 0 Å². The summed E-state index contributed by atoms with van der Waals surface area (Å²) in [6.45, 7) is 3.25. The van der Waals surface area contributed by atoms with Crippen LogP contribution in [0.25, 0.3) is 0 Å². The largest absolute Gasteiger partial charge is 0.489 e. The zero-order valence-corrected chi connectivity index (χ0v) is 15.3. The molecule has 0 spiro atoms. The second-order valence-electron chi connectivity index (χ2n) is 5.29. The first-order chi connectivity index (χ1) is 10.9. The highest BCUT2D eigenvalue weighted by Gasteiger charge is 2.03.